The molecule has 1 aromatic carbocycles. The van der Waals surface area contributed by atoms with Gasteiger partial charge >= 0.3 is 0 Å². The molecule has 0 N–H and O–H groups in total. The van der Waals surface area contributed by atoms with Gasteiger partial charge in [-0.1, -0.05) is 18.5 Å². The van der Waals surface area contributed by atoms with Crippen molar-refractivity contribution in [1.29, 1.82) is 0 Å². The van der Waals surface area contributed by atoms with E-state index in [2.05, 4.69) is 6.92 Å². The summed E-state index contributed by atoms with van der Waals surface area (Å²) in [5, 5.41) is 0.304. The monoisotopic (exact) mass is 370 g/mol. The van der Waals surface area contributed by atoms with Crippen molar-refractivity contribution in [3.63, 3.8) is 0 Å². The molecule has 132 valence electrons. The van der Waals surface area contributed by atoms with E-state index in [0.717, 1.165) is 25.7 Å². The summed E-state index contributed by atoms with van der Waals surface area (Å²) in [6, 6.07) is 4.45. The van der Waals surface area contributed by atoms with Gasteiger partial charge in [0.1, 0.15) is 0 Å². The number of piperidine rings is 1. The molecule has 2 aliphatic rings. The van der Waals surface area contributed by atoms with Gasteiger partial charge in [-0.15, -0.1) is 0 Å². The summed E-state index contributed by atoms with van der Waals surface area (Å²) in [6.07, 6.45) is 3.84. The third kappa shape index (κ3) is 3.46. The van der Waals surface area contributed by atoms with E-state index in [9.17, 15) is 13.2 Å². The first kappa shape index (κ1) is 17.7. The number of halogens is 1. The first-order valence-electron chi connectivity index (χ1n) is 8.48. The van der Waals surface area contributed by atoms with Crippen LogP contribution >= 0.6 is 11.6 Å². The molecule has 0 spiro atoms. The average molecular weight is 371 g/mol. The standard InChI is InChI=1S/C17H23ClN2O3S/c1-13-5-4-8-19(12-13)17(21)15-11-14(6-7-16(15)18)24(22,23)20-9-2-3-10-20/h6-7,11,13H,2-5,8-10,12H2,1H3/t13-/m0/s1. The summed E-state index contributed by atoms with van der Waals surface area (Å²) >= 11 is 6.20. The topological polar surface area (TPSA) is 57.7 Å². The summed E-state index contributed by atoms with van der Waals surface area (Å²) in [7, 11) is -3.55. The van der Waals surface area contributed by atoms with Gasteiger partial charge in [0, 0.05) is 26.2 Å². The molecule has 3 rings (SSSR count). The molecule has 0 radical (unpaired) electrons. The highest BCUT2D eigenvalue weighted by Crippen LogP contribution is 2.27. The molecule has 0 unspecified atom stereocenters. The molecule has 0 bridgehead atoms. The van der Waals surface area contributed by atoms with Crippen LogP contribution in [0.5, 0.6) is 0 Å². The van der Waals surface area contributed by atoms with E-state index in [1.54, 1.807) is 4.90 Å². The highest BCUT2D eigenvalue weighted by atomic mass is 35.5. The van der Waals surface area contributed by atoms with Crippen LogP contribution in [0, 0.1) is 5.92 Å². The fourth-order valence-electron chi connectivity index (χ4n) is 3.45. The van der Waals surface area contributed by atoms with Crippen molar-refractivity contribution in [3.8, 4) is 0 Å². The molecule has 24 heavy (non-hydrogen) atoms. The van der Waals surface area contributed by atoms with E-state index in [0.29, 0.717) is 37.1 Å². The predicted molar refractivity (Wildman–Crippen MR) is 93.7 cm³/mol. The Morgan fingerprint density at radius 2 is 1.88 bits per heavy atom. The van der Waals surface area contributed by atoms with Crippen LogP contribution in [0.4, 0.5) is 0 Å². The molecule has 0 aliphatic carbocycles. The van der Waals surface area contributed by atoms with Gasteiger partial charge in [-0.25, -0.2) is 8.42 Å². The number of hydrogen-bond acceptors (Lipinski definition) is 3. The van der Waals surface area contributed by atoms with Crippen molar-refractivity contribution < 1.29 is 13.2 Å². The molecule has 1 atom stereocenters. The number of carbonyl (C=O) groups excluding carboxylic acids is 1. The molecule has 1 aromatic rings. The van der Waals surface area contributed by atoms with Gasteiger partial charge in [-0.05, 0) is 49.8 Å². The quantitative estimate of drug-likeness (QED) is 0.821. The maximum Gasteiger partial charge on any atom is 0.255 e. The minimum absolute atomic E-state index is 0.155. The number of amides is 1. The van der Waals surface area contributed by atoms with Crippen LogP contribution < -0.4 is 0 Å². The summed E-state index contributed by atoms with van der Waals surface area (Å²) < 4.78 is 26.9. The average Bonchev–Trinajstić information content (AvgIpc) is 3.10. The summed E-state index contributed by atoms with van der Waals surface area (Å²) in [6.45, 7) is 4.59. The fraction of sp³-hybridized carbons (Fsp3) is 0.588. The predicted octanol–water partition coefficient (Wildman–Crippen LogP) is 3.00. The van der Waals surface area contributed by atoms with Gasteiger partial charge in [0.05, 0.1) is 15.5 Å². The van der Waals surface area contributed by atoms with Crippen LogP contribution in [0.25, 0.3) is 0 Å². The maximum absolute atomic E-state index is 12.8. The van der Waals surface area contributed by atoms with E-state index in [1.807, 2.05) is 0 Å². The zero-order chi connectivity index (χ0) is 17.3. The molecule has 0 aromatic heterocycles. The van der Waals surface area contributed by atoms with Gasteiger partial charge in [-0.3, -0.25) is 4.79 Å². The minimum Gasteiger partial charge on any atom is -0.338 e. The maximum atomic E-state index is 12.8. The zero-order valence-corrected chi connectivity index (χ0v) is 15.4. The van der Waals surface area contributed by atoms with Gasteiger partial charge in [0.15, 0.2) is 0 Å². The Balaban J connectivity index is 1.90. The van der Waals surface area contributed by atoms with Crippen LogP contribution in [0.15, 0.2) is 23.1 Å². The molecular weight excluding hydrogens is 348 g/mol. The molecule has 2 saturated heterocycles. The van der Waals surface area contributed by atoms with Crippen molar-refractivity contribution in [2.75, 3.05) is 26.2 Å². The third-order valence-electron chi connectivity index (χ3n) is 4.82. The zero-order valence-electron chi connectivity index (χ0n) is 13.9. The lowest BCUT2D eigenvalue weighted by molar-refractivity contribution is 0.0683. The number of sulfonamides is 1. The SMILES string of the molecule is C[C@H]1CCCN(C(=O)c2cc(S(=O)(=O)N3CCCC3)ccc2Cl)C1. The number of carbonyl (C=O) groups is 1. The highest BCUT2D eigenvalue weighted by molar-refractivity contribution is 7.89. The second kappa shape index (κ2) is 7.02. The molecule has 2 heterocycles. The molecule has 1 amide bonds. The second-order valence-corrected chi connectivity index (χ2v) is 9.10. The smallest absolute Gasteiger partial charge is 0.255 e. The molecule has 2 aliphatic heterocycles. The van der Waals surface area contributed by atoms with E-state index < -0.39 is 10.0 Å². The Morgan fingerprint density at radius 1 is 1.17 bits per heavy atom. The summed E-state index contributed by atoms with van der Waals surface area (Å²) in [5.41, 5.74) is 0.283. The normalized spacial score (nSPS) is 22.8. The van der Waals surface area contributed by atoms with Gasteiger partial charge < -0.3 is 4.90 Å². The molecular formula is C17H23ClN2O3S. The van der Waals surface area contributed by atoms with Crippen molar-refractivity contribution in [1.82, 2.24) is 9.21 Å². The van der Waals surface area contributed by atoms with E-state index in [-0.39, 0.29) is 16.4 Å². The largest absolute Gasteiger partial charge is 0.338 e. The van der Waals surface area contributed by atoms with Crippen molar-refractivity contribution in [2.45, 2.75) is 37.5 Å². The van der Waals surface area contributed by atoms with E-state index >= 15 is 0 Å². The Labute approximate surface area is 148 Å². The first-order valence-corrected chi connectivity index (χ1v) is 10.3. The van der Waals surface area contributed by atoms with Crippen molar-refractivity contribution in [2.24, 2.45) is 5.92 Å². The number of benzene rings is 1. The van der Waals surface area contributed by atoms with Crippen LogP contribution in [0.1, 0.15) is 43.0 Å². The summed E-state index contributed by atoms with van der Waals surface area (Å²) in [4.78, 5) is 14.7. The summed E-state index contributed by atoms with van der Waals surface area (Å²) in [5.74, 6) is 0.281. The van der Waals surface area contributed by atoms with Crippen LogP contribution in [0.2, 0.25) is 5.02 Å². The third-order valence-corrected chi connectivity index (χ3v) is 7.04. The molecule has 2 fully saturated rings. The number of nitrogens with zero attached hydrogens (tertiary/aromatic N) is 2. The van der Waals surface area contributed by atoms with Gasteiger partial charge in [0.25, 0.3) is 5.91 Å². The highest BCUT2D eigenvalue weighted by Gasteiger charge is 2.29. The molecule has 0 saturated carbocycles. The Hall–Kier alpha value is -1.11. The fourth-order valence-corrected chi connectivity index (χ4v) is 5.19. The second-order valence-electron chi connectivity index (χ2n) is 6.75. The van der Waals surface area contributed by atoms with E-state index in [4.69, 9.17) is 11.6 Å². The van der Waals surface area contributed by atoms with Crippen LogP contribution in [-0.4, -0.2) is 49.7 Å². The van der Waals surface area contributed by atoms with Crippen molar-refractivity contribution in [3.05, 3.63) is 28.8 Å². The Bertz CT molecular complexity index is 729. The Morgan fingerprint density at radius 3 is 2.54 bits per heavy atom. The number of rotatable bonds is 3. The Kier molecular flexibility index (Phi) is 5.18. The lowest BCUT2D eigenvalue weighted by Crippen LogP contribution is -2.39. The first-order chi connectivity index (χ1) is 11.4. The molecule has 7 heteroatoms. The van der Waals surface area contributed by atoms with E-state index in [1.165, 1.54) is 22.5 Å². The molecule has 5 nitrogen and oxygen atoms in total. The minimum atomic E-state index is -3.55. The van der Waals surface area contributed by atoms with Crippen LogP contribution in [0.3, 0.4) is 0 Å². The van der Waals surface area contributed by atoms with Gasteiger partial charge in [0.2, 0.25) is 10.0 Å². The lowest BCUT2D eigenvalue weighted by Gasteiger charge is -2.31. The number of likely N-dealkylation sites (tertiary alicyclic amines) is 1. The van der Waals surface area contributed by atoms with Gasteiger partial charge in [-0.2, -0.15) is 4.31 Å². The number of hydrogen-bond donors (Lipinski definition) is 0. The van der Waals surface area contributed by atoms with Crippen LogP contribution in [-0.2, 0) is 10.0 Å². The lowest BCUT2D eigenvalue weighted by atomic mass is 9.99. The van der Waals surface area contributed by atoms with Crippen molar-refractivity contribution >= 4 is 27.5 Å².